The second kappa shape index (κ2) is 19.7. The lowest BCUT2D eigenvalue weighted by Gasteiger charge is -2.39. The number of nitrogens with zero attached hydrogens (tertiary/aromatic N) is 2. The van der Waals surface area contributed by atoms with Crippen LogP contribution in [0.15, 0.2) is 73.1 Å². The van der Waals surface area contributed by atoms with E-state index in [-0.39, 0.29) is 5.41 Å². The standard InChI is InChI=1S/C39H60N2/c1-4-6-8-9-10-11-12-13-14-15-16-17-25-32-41-33-31-40-38(41)37(30-20-7-5-2)39(3,36-28-23-19-24-29-36)34-35-26-21-18-22-27-35/h18-19,21-24,26-29,31,33,37H,4-17,20,25,30,32,34H2,1-3H3. The van der Waals surface area contributed by atoms with E-state index in [0.29, 0.717) is 5.92 Å². The zero-order valence-electron chi connectivity index (χ0n) is 26.8. The van der Waals surface area contributed by atoms with Crippen molar-refractivity contribution in [2.75, 3.05) is 0 Å². The Morgan fingerprint density at radius 3 is 1.73 bits per heavy atom. The molecule has 226 valence electrons. The first kappa shape index (κ1) is 33.2. The van der Waals surface area contributed by atoms with Crippen molar-refractivity contribution in [2.45, 2.75) is 154 Å². The highest BCUT2D eigenvalue weighted by Crippen LogP contribution is 2.44. The molecular formula is C39H60N2. The van der Waals surface area contributed by atoms with Crippen LogP contribution < -0.4 is 0 Å². The zero-order chi connectivity index (χ0) is 29.0. The van der Waals surface area contributed by atoms with Crippen molar-refractivity contribution >= 4 is 0 Å². The minimum Gasteiger partial charge on any atom is -0.335 e. The summed E-state index contributed by atoms with van der Waals surface area (Å²) in [5.41, 5.74) is 2.82. The number of aromatic nitrogens is 2. The summed E-state index contributed by atoms with van der Waals surface area (Å²) in [4.78, 5) is 5.07. The van der Waals surface area contributed by atoms with Gasteiger partial charge in [0.25, 0.3) is 0 Å². The molecule has 3 aromatic rings. The summed E-state index contributed by atoms with van der Waals surface area (Å²) in [6, 6.07) is 22.3. The molecule has 2 atom stereocenters. The van der Waals surface area contributed by atoms with E-state index in [9.17, 15) is 0 Å². The van der Waals surface area contributed by atoms with Gasteiger partial charge in [-0.1, -0.05) is 178 Å². The first-order chi connectivity index (χ1) is 20.2. The second-order valence-corrected chi connectivity index (χ2v) is 12.7. The topological polar surface area (TPSA) is 17.8 Å². The van der Waals surface area contributed by atoms with Gasteiger partial charge in [-0.25, -0.2) is 4.98 Å². The van der Waals surface area contributed by atoms with Gasteiger partial charge < -0.3 is 4.57 Å². The van der Waals surface area contributed by atoms with Gasteiger partial charge in [-0.05, 0) is 30.4 Å². The fourth-order valence-electron chi connectivity index (χ4n) is 6.72. The van der Waals surface area contributed by atoms with Gasteiger partial charge in [-0.3, -0.25) is 0 Å². The van der Waals surface area contributed by atoms with Gasteiger partial charge >= 0.3 is 0 Å². The second-order valence-electron chi connectivity index (χ2n) is 12.7. The summed E-state index contributed by atoms with van der Waals surface area (Å²) in [6.45, 7) is 8.20. The van der Waals surface area contributed by atoms with E-state index >= 15 is 0 Å². The van der Waals surface area contributed by atoms with Gasteiger partial charge in [-0.15, -0.1) is 0 Å². The van der Waals surface area contributed by atoms with E-state index in [1.165, 1.54) is 126 Å². The molecule has 0 aliphatic rings. The molecule has 2 aromatic carbocycles. The molecule has 0 fully saturated rings. The number of rotatable bonds is 23. The molecular weight excluding hydrogens is 496 g/mol. The predicted octanol–water partition coefficient (Wildman–Crippen LogP) is 11.8. The maximum Gasteiger partial charge on any atom is 0.112 e. The third-order valence-electron chi connectivity index (χ3n) is 9.27. The highest BCUT2D eigenvalue weighted by Gasteiger charge is 2.39. The lowest BCUT2D eigenvalue weighted by Crippen LogP contribution is -2.35. The Bertz CT molecular complexity index is 1020. The Hall–Kier alpha value is -2.35. The van der Waals surface area contributed by atoms with Crippen molar-refractivity contribution in [3.05, 3.63) is 90.0 Å². The molecule has 2 unspecified atom stereocenters. The maximum atomic E-state index is 5.07. The van der Waals surface area contributed by atoms with Crippen LogP contribution in [0.3, 0.4) is 0 Å². The fourth-order valence-corrected chi connectivity index (χ4v) is 6.72. The van der Waals surface area contributed by atoms with Crippen molar-refractivity contribution in [1.29, 1.82) is 0 Å². The molecule has 2 heteroatoms. The molecule has 0 aliphatic carbocycles. The van der Waals surface area contributed by atoms with Crippen molar-refractivity contribution in [3.8, 4) is 0 Å². The molecule has 0 aliphatic heterocycles. The molecule has 0 spiro atoms. The van der Waals surface area contributed by atoms with Crippen LogP contribution in [0.2, 0.25) is 0 Å². The first-order valence-corrected chi connectivity index (χ1v) is 17.3. The number of aryl methyl sites for hydroxylation is 1. The number of hydrogen-bond donors (Lipinski definition) is 0. The van der Waals surface area contributed by atoms with Crippen LogP contribution in [-0.4, -0.2) is 9.55 Å². The van der Waals surface area contributed by atoms with Crippen LogP contribution in [0, 0.1) is 0 Å². The van der Waals surface area contributed by atoms with Gasteiger partial charge in [0.1, 0.15) is 5.82 Å². The Morgan fingerprint density at radius 2 is 1.15 bits per heavy atom. The molecule has 0 radical (unpaired) electrons. The summed E-state index contributed by atoms with van der Waals surface area (Å²) in [5.74, 6) is 1.68. The average Bonchev–Trinajstić information content (AvgIpc) is 3.46. The fraction of sp³-hybridized carbons (Fsp3) is 0.615. The van der Waals surface area contributed by atoms with Crippen LogP contribution in [0.25, 0.3) is 0 Å². The van der Waals surface area contributed by atoms with E-state index in [1.807, 2.05) is 0 Å². The minimum atomic E-state index is -0.0184. The highest BCUT2D eigenvalue weighted by molar-refractivity contribution is 5.33. The van der Waals surface area contributed by atoms with Crippen LogP contribution >= 0.6 is 0 Å². The predicted molar refractivity (Wildman–Crippen MR) is 179 cm³/mol. The third-order valence-corrected chi connectivity index (χ3v) is 9.27. The highest BCUT2D eigenvalue weighted by atomic mass is 15.1. The van der Waals surface area contributed by atoms with Crippen molar-refractivity contribution in [3.63, 3.8) is 0 Å². The number of benzene rings is 2. The summed E-state index contributed by atoms with van der Waals surface area (Å²) in [7, 11) is 0. The average molecular weight is 557 g/mol. The lowest BCUT2D eigenvalue weighted by atomic mass is 9.66. The Morgan fingerprint density at radius 1 is 0.634 bits per heavy atom. The van der Waals surface area contributed by atoms with Crippen LogP contribution in [0.4, 0.5) is 0 Å². The normalized spacial score (nSPS) is 13.7. The van der Waals surface area contributed by atoms with E-state index in [4.69, 9.17) is 4.98 Å². The molecule has 1 aromatic heterocycles. The molecule has 3 rings (SSSR count). The zero-order valence-corrected chi connectivity index (χ0v) is 26.8. The van der Waals surface area contributed by atoms with Crippen LogP contribution in [0.5, 0.6) is 0 Å². The van der Waals surface area contributed by atoms with Crippen molar-refractivity contribution in [1.82, 2.24) is 9.55 Å². The largest absolute Gasteiger partial charge is 0.335 e. The van der Waals surface area contributed by atoms with Crippen LogP contribution in [-0.2, 0) is 18.4 Å². The molecule has 0 bridgehead atoms. The monoisotopic (exact) mass is 556 g/mol. The quantitative estimate of drug-likeness (QED) is 0.106. The molecule has 0 amide bonds. The minimum absolute atomic E-state index is 0.0184. The molecule has 0 saturated heterocycles. The SMILES string of the molecule is CCCCCCCCCCCCCCCn1ccnc1C(CCCCC)C(C)(Cc1ccccc1)c1ccccc1. The molecule has 41 heavy (non-hydrogen) atoms. The maximum absolute atomic E-state index is 5.07. The van der Waals surface area contributed by atoms with Gasteiger partial charge in [0.15, 0.2) is 0 Å². The Balaban J connectivity index is 1.59. The van der Waals surface area contributed by atoms with Gasteiger partial charge in [0, 0.05) is 30.3 Å². The van der Waals surface area contributed by atoms with E-state index in [0.717, 1.165) is 13.0 Å². The van der Waals surface area contributed by atoms with Crippen molar-refractivity contribution in [2.24, 2.45) is 0 Å². The number of unbranched alkanes of at least 4 members (excludes halogenated alkanes) is 14. The summed E-state index contributed by atoms with van der Waals surface area (Å²) < 4.78 is 2.50. The smallest absolute Gasteiger partial charge is 0.112 e. The number of imidazole rings is 1. The van der Waals surface area contributed by atoms with E-state index in [2.05, 4.69) is 98.4 Å². The number of hydrogen-bond acceptors (Lipinski definition) is 1. The van der Waals surface area contributed by atoms with Gasteiger partial charge in [0.2, 0.25) is 0 Å². The Kier molecular flexibility index (Phi) is 15.9. The molecule has 0 saturated carbocycles. The summed E-state index contributed by atoms with van der Waals surface area (Å²) >= 11 is 0. The van der Waals surface area contributed by atoms with Crippen LogP contribution in [0.1, 0.15) is 153 Å². The first-order valence-electron chi connectivity index (χ1n) is 17.3. The Labute approximate surface area is 253 Å². The van der Waals surface area contributed by atoms with Gasteiger partial charge in [-0.2, -0.15) is 0 Å². The van der Waals surface area contributed by atoms with E-state index in [1.54, 1.807) is 0 Å². The molecule has 1 heterocycles. The molecule has 2 nitrogen and oxygen atoms in total. The third kappa shape index (κ3) is 11.4. The summed E-state index contributed by atoms with van der Waals surface area (Å²) in [5, 5.41) is 0. The summed E-state index contributed by atoms with van der Waals surface area (Å²) in [6.07, 6.45) is 28.5. The van der Waals surface area contributed by atoms with Gasteiger partial charge in [0.05, 0.1) is 0 Å². The molecule has 0 N–H and O–H groups in total. The van der Waals surface area contributed by atoms with Crippen molar-refractivity contribution < 1.29 is 0 Å². The lowest BCUT2D eigenvalue weighted by molar-refractivity contribution is 0.322. The van der Waals surface area contributed by atoms with E-state index < -0.39 is 0 Å².